The minimum absolute atomic E-state index is 0.247. The van der Waals surface area contributed by atoms with E-state index >= 15 is 0 Å². The molecule has 1 fully saturated rings. The van der Waals surface area contributed by atoms with Crippen LogP contribution in [-0.4, -0.2) is 59.5 Å². The third-order valence-electron chi connectivity index (χ3n) is 6.43. The van der Waals surface area contributed by atoms with Gasteiger partial charge in [0.15, 0.2) is 17.0 Å². The molecular weight excluding hydrogens is 466 g/mol. The third kappa shape index (κ3) is 4.86. The lowest BCUT2D eigenvalue weighted by atomic mass is 10.3. The van der Waals surface area contributed by atoms with Gasteiger partial charge in [0, 0.05) is 55.5 Å². The van der Waals surface area contributed by atoms with Crippen molar-refractivity contribution in [3.63, 3.8) is 0 Å². The predicted molar refractivity (Wildman–Crippen MR) is 142 cm³/mol. The van der Waals surface area contributed by atoms with Gasteiger partial charge in [0.2, 0.25) is 11.9 Å². The Kier molecular flexibility index (Phi) is 6.20. The van der Waals surface area contributed by atoms with Gasteiger partial charge in [0.25, 0.3) is 0 Å². The average Bonchev–Trinajstić information content (AvgIpc) is 3.69. The monoisotopic (exact) mass is 493 g/mol. The van der Waals surface area contributed by atoms with Crippen LogP contribution in [0.1, 0.15) is 19.3 Å². The standard InChI is InChI=1S/C27H27N9O/c37-23-8-4-15-34(23)16-5-13-29-25-24-26(36(19-30-24)22-6-2-1-3-7-22)33-27(32-25)31-20-9-11-21(12-10-20)35-17-14-28-18-35/h1-3,6-7,9-12,14,17-19H,4-5,8,13,15-16H2,(H2,29,31,32,33). The Bertz CT molecular complexity index is 1490. The number of amides is 1. The summed E-state index contributed by atoms with van der Waals surface area (Å²) in [5.74, 6) is 1.37. The molecule has 37 heavy (non-hydrogen) atoms. The fourth-order valence-corrected chi connectivity index (χ4v) is 4.53. The molecule has 5 aromatic rings. The molecule has 10 heteroatoms. The number of carbonyl (C=O) groups excluding carboxylic acids is 1. The number of rotatable bonds is 9. The number of nitrogens with zero attached hydrogens (tertiary/aromatic N) is 7. The smallest absolute Gasteiger partial charge is 0.231 e. The molecular formula is C27H27N9O. The van der Waals surface area contributed by atoms with E-state index in [-0.39, 0.29) is 5.91 Å². The van der Waals surface area contributed by atoms with Gasteiger partial charge in [0.1, 0.15) is 6.33 Å². The summed E-state index contributed by atoms with van der Waals surface area (Å²) < 4.78 is 3.90. The van der Waals surface area contributed by atoms with E-state index in [0.717, 1.165) is 43.0 Å². The molecule has 186 valence electrons. The SMILES string of the molecule is O=C1CCCN1CCCNc1nc(Nc2ccc(-n3ccnc3)cc2)nc2c1ncn2-c1ccccc1. The van der Waals surface area contributed by atoms with Crippen LogP contribution in [0.15, 0.2) is 79.6 Å². The van der Waals surface area contributed by atoms with Crippen molar-refractivity contribution >= 4 is 34.5 Å². The summed E-state index contributed by atoms with van der Waals surface area (Å²) in [5, 5.41) is 6.77. The van der Waals surface area contributed by atoms with E-state index in [1.165, 1.54) is 0 Å². The molecule has 0 radical (unpaired) electrons. The highest BCUT2D eigenvalue weighted by Gasteiger charge is 2.19. The molecule has 1 aliphatic rings. The van der Waals surface area contributed by atoms with E-state index < -0.39 is 0 Å². The molecule has 2 N–H and O–H groups in total. The number of para-hydroxylation sites is 1. The Balaban J connectivity index is 1.26. The summed E-state index contributed by atoms with van der Waals surface area (Å²) in [6, 6.07) is 18.0. The van der Waals surface area contributed by atoms with Crippen LogP contribution in [0, 0.1) is 0 Å². The van der Waals surface area contributed by atoms with Crippen molar-refractivity contribution in [1.82, 2.24) is 34.0 Å². The fourth-order valence-electron chi connectivity index (χ4n) is 4.53. The molecule has 0 aliphatic carbocycles. The first-order chi connectivity index (χ1) is 18.2. The van der Waals surface area contributed by atoms with E-state index in [9.17, 15) is 4.79 Å². The molecule has 10 nitrogen and oxygen atoms in total. The highest BCUT2D eigenvalue weighted by atomic mass is 16.2. The molecule has 1 saturated heterocycles. The van der Waals surface area contributed by atoms with Crippen molar-refractivity contribution in [2.75, 3.05) is 30.3 Å². The van der Waals surface area contributed by atoms with Gasteiger partial charge < -0.3 is 20.1 Å². The lowest BCUT2D eigenvalue weighted by Crippen LogP contribution is -2.27. The van der Waals surface area contributed by atoms with E-state index in [2.05, 4.69) is 20.6 Å². The number of fused-ring (bicyclic) bond motifs is 1. The van der Waals surface area contributed by atoms with E-state index in [0.29, 0.717) is 35.9 Å². The Labute approximate surface area is 214 Å². The second kappa shape index (κ2) is 10.1. The van der Waals surface area contributed by atoms with Crippen LogP contribution < -0.4 is 10.6 Å². The molecule has 1 aliphatic heterocycles. The van der Waals surface area contributed by atoms with Crippen LogP contribution in [0.5, 0.6) is 0 Å². The molecule has 0 unspecified atom stereocenters. The minimum atomic E-state index is 0.247. The first kappa shape index (κ1) is 22.7. The normalized spacial score (nSPS) is 13.4. The Morgan fingerprint density at radius 3 is 2.57 bits per heavy atom. The van der Waals surface area contributed by atoms with E-state index in [4.69, 9.17) is 9.97 Å². The maximum Gasteiger partial charge on any atom is 0.231 e. The summed E-state index contributed by atoms with van der Waals surface area (Å²) in [4.78, 5) is 32.1. The molecule has 2 aromatic carbocycles. The fraction of sp³-hybridized carbons (Fsp3) is 0.222. The van der Waals surface area contributed by atoms with Crippen LogP contribution in [-0.2, 0) is 4.79 Å². The van der Waals surface area contributed by atoms with Gasteiger partial charge in [-0.2, -0.15) is 9.97 Å². The van der Waals surface area contributed by atoms with Crippen LogP contribution in [0.25, 0.3) is 22.5 Å². The Hall–Kier alpha value is -4.73. The van der Waals surface area contributed by atoms with E-state index in [1.54, 1.807) is 18.9 Å². The summed E-state index contributed by atoms with van der Waals surface area (Å²) in [5.41, 5.74) is 4.25. The average molecular weight is 494 g/mol. The number of nitrogens with one attached hydrogen (secondary N) is 2. The second-order valence-electron chi connectivity index (χ2n) is 8.92. The van der Waals surface area contributed by atoms with Gasteiger partial charge in [-0.1, -0.05) is 18.2 Å². The van der Waals surface area contributed by atoms with Crippen LogP contribution in [0.4, 0.5) is 17.5 Å². The zero-order chi connectivity index (χ0) is 25.0. The number of hydrogen-bond acceptors (Lipinski definition) is 7. The number of hydrogen-bond donors (Lipinski definition) is 2. The molecule has 1 amide bonds. The molecule has 0 bridgehead atoms. The molecule has 0 saturated carbocycles. The first-order valence-electron chi connectivity index (χ1n) is 12.4. The van der Waals surface area contributed by atoms with Crippen LogP contribution in [0.3, 0.4) is 0 Å². The molecule has 4 heterocycles. The van der Waals surface area contributed by atoms with Crippen molar-refractivity contribution in [3.05, 3.63) is 79.6 Å². The summed E-state index contributed by atoms with van der Waals surface area (Å²) >= 11 is 0. The van der Waals surface area contributed by atoms with Crippen molar-refractivity contribution in [2.24, 2.45) is 0 Å². The molecule has 0 spiro atoms. The van der Waals surface area contributed by atoms with Gasteiger partial charge in [-0.05, 0) is 49.2 Å². The zero-order valence-corrected chi connectivity index (χ0v) is 20.3. The highest BCUT2D eigenvalue weighted by Crippen LogP contribution is 2.25. The van der Waals surface area contributed by atoms with Crippen molar-refractivity contribution in [3.8, 4) is 11.4 Å². The summed E-state index contributed by atoms with van der Waals surface area (Å²) in [6.45, 7) is 2.27. The van der Waals surface area contributed by atoms with Crippen LogP contribution >= 0.6 is 0 Å². The number of benzene rings is 2. The highest BCUT2D eigenvalue weighted by molar-refractivity contribution is 5.86. The van der Waals surface area contributed by atoms with Gasteiger partial charge in [-0.25, -0.2) is 9.97 Å². The Morgan fingerprint density at radius 1 is 0.946 bits per heavy atom. The minimum Gasteiger partial charge on any atom is -0.368 e. The largest absolute Gasteiger partial charge is 0.368 e. The van der Waals surface area contributed by atoms with Crippen molar-refractivity contribution in [2.45, 2.75) is 19.3 Å². The van der Waals surface area contributed by atoms with Crippen LogP contribution in [0.2, 0.25) is 0 Å². The topological polar surface area (TPSA) is 106 Å². The summed E-state index contributed by atoms with van der Waals surface area (Å²) in [7, 11) is 0. The van der Waals surface area contributed by atoms with Gasteiger partial charge >= 0.3 is 0 Å². The quantitative estimate of drug-likeness (QED) is 0.297. The number of anilines is 3. The maximum absolute atomic E-state index is 11.9. The number of aromatic nitrogens is 6. The predicted octanol–water partition coefficient (Wildman–Crippen LogP) is 4.17. The lowest BCUT2D eigenvalue weighted by molar-refractivity contribution is -0.127. The molecule has 0 atom stereocenters. The first-order valence-corrected chi connectivity index (χ1v) is 12.4. The number of likely N-dealkylation sites (tertiary alicyclic amines) is 1. The van der Waals surface area contributed by atoms with Gasteiger partial charge in [-0.3, -0.25) is 9.36 Å². The van der Waals surface area contributed by atoms with Crippen molar-refractivity contribution in [1.29, 1.82) is 0 Å². The zero-order valence-electron chi connectivity index (χ0n) is 20.3. The van der Waals surface area contributed by atoms with Crippen molar-refractivity contribution < 1.29 is 4.79 Å². The lowest BCUT2D eigenvalue weighted by Gasteiger charge is -2.16. The Morgan fingerprint density at radius 2 is 1.81 bits per heavy atom. The maximum atomic E-state index is 11.9. The van der Waals surface area contributed by atoms with Gasteiger partial charge in [-0.15, -0.1) is 0 Å². The summed E-state index contributed by atoms with van der Waals surface area (Å²) in [6.07, 6.45) is 9.64. The molecule has 3 aromatic heterocycles. The number of carbonyl (C=O) groups is 1. The molecule has 6 rings (SSSR count). The third-order valence-corrected chi connectivity index (χ3v) is 6.43. The van der Waals surface area contributed by atoms with Gasteiger partial charge in [0.05, 0.1) is 6.33 Å². The van der Waals surface area contributed by atoms with E-state index in [1.807, 2.05) is 74.8 Å². The second-order valence-corrected chi connectivity index (χ2v) is 8.92. The number of imidazole rings is 2.